The van der Waals surface area contributed by atoms with Gasteiger partial charge in [-0.15, -0.1) is 0 Å². The van der Waals surface area contributed by atoms with E-state index in [4.69, 9.17) is 11.6 Å². The number of thioether (sulfide) groups is 1. The molecule has 4 aromatic rings. The van der Waals surface area contributed by atoms with Crippen molar-refractivity contribution in [2.75, 3.05) is 5.75 Å². The van der Waals surface area contributed by atoms with Gasteiger partial charge in [0.05, 0.1) is 28.4 Å². The van der Waals surface area contributed by atoms with E-state index in [0.717, 1.165) is 5.56 Å². The van der Waals surface area contributed by atoms with E-state index in [0.29, 0.717) is 26.8 Å². The van der Waals surface area contributed by atoms with Crippen LogP contribution in [0, 0.1) is 0 Å². The average Bonchev–Trinajstić information content (AvgIpc) is 2.79. The van der Waals surface area contributed by atoms with Crippen LogP contribution in [0.15, 0.2) is 88.8 Å². The third-order valence-electron chi connectivity index (χ3n) is 4.84. The van der Waals surface area contributed by atoms with Crippen molar-refractivity contribution in [3.63, 3.8) is 0 Å². The molecule has 0 spiro atoms. The van der Waals surface area contributed by atoms with E-state index in [1.54, 1.807) is 36.4 Å². The average molecular weight is 450 g/mol. The SMILES string of the molecule is CC(NC(=O)CSc1nc2ccccc2c(=O)n1-c1ccc(Cl)cc1)c1ccccc1. The summed E-state index contributed by atoms with van der Waals surface area (Å²) in [6, 6.07) is 23.8. The monoisotopic (exact) mass is 449 g/mol. The molecule has 1 unspecified atom stereocenters. The molecule has 0 aliphatic heterocycles. The van der Waals surface area contributed by atoms with Crippen LogP contribution in [0.25, 0.3) is 16.6 Å². The van der Waals surface area contributed by atoms with Gasteiger partial charge in [-0.3, -0.25) is 14.2 Å². The third-order valence-corrected chi connectivity index (χ3v) is 6.03. The Morgan fingerprint density at radius 1 is 1.03 bits per heavy atom. The lowest BCUT2D eigenvalue weighted by Crippen LogP contribution is -2.29. The molecule has 0 saturated carbocycles. The van der Waals surface area contributed by atoms with Crippen molar-refractivity contribution >= 4 is 40.2 Å². The molecule has 1 heterocycles. The zero-order chi connectivity index (χ0) is 21.8. The Balaban J connectivity index is 1.62. The highest BCUT2D eigenvalue weighted by atomic mass is 35.5. The summed E-state index contributed by atoms with van der Waals surface area (Å²) in [7, 11) is 0. The number of amides is 1. The van der Waals surface area contributed by atoms with Gasteiger partial charge in [-0.05, 0) is 48.9 Å². The van der Waals surface area contributed by atoms with Gasteiger partial charge < -0.3 is 5.32 Å². The molecule has 31 heavy (non-hydrogen) atoms. The van der Waals surface area contributed by atoms with Crippen molar-refractivity contribution in [3.05, 3.63) is 99.8 Å². The molecule has 3 aromatic carbocycles. The molecule has 5 nitrogen and oxygen atoms in total. The van der Waals surface area contributed by atoms with Gasteiger partial charge in [0.1, 0.15) is 0 Å². The van der Waals surface area contributed by atoms with Crippen LogP contribution < -0.4 is 10.9 Å². The second-order valence-corrected chi connectivity index (χ2v) is 8.40. The van der Waals surface area contributed by atoms with Crippen molar-refractivity contribution in [2.24, 2.45) is 0 Å². The summed E-state index contributed by atoms with van der Waals surface area (Å²) < 4.78 is 1.53. The quantitative estimate of drug-likeness (QED) is 0.332. The molecule has 0 aliphatic carbocycles. The maximum atomic E-state index is 13.2. The topological polar surface area (TPSA) is 64.0 Å². The molecule has 1 aromatic heterocycles. The number of hydrogen-bond donors (Lipinski definition) is 1. The maximum Gasteiger partial charge on any atom is 0.266 e. The Morgan fingerprint density at radius 3 is 2.45 bits per heavy atom. The molecule has 7 heteroatoms. The summed E-state index contributed by atoms with van der Waals surface area (Å²) in [5, 5.41) is 4.54. The number of aromatic nitrogens is 2. The van der Waals surface area contributed by atoms with Crippen molar-refractivity contribution in [3.8, 4) is 5.69 Å². The first-order chi connectivity index (χ1) is 15.0. The maximum absolute atomic E-state index is 13.2. The number of benzene rings is 3. The number of fused-ring (bicyclic) bond motifs is 1. The number of hydrogen-bond acceptors (Lipinski definition) is 4. The highest BCUT2D eigenvalue weighted by molar-refractivity contribution is 7.99. The molecule has 156 valence electrons. The second kappa shape index (κ2) is 9.37. The summed E-state index contributed by atoms with van der Waals surface area (Å²) in [6.07, 6.45) is 0. The van der Waals surface area contributed by atoms with Crippen LogP contribution in [0.4, 0.5) is 0 Å². The Labute approximate surface area is 189 Å². The Bertz CT molecular complexity index is 1270. The molecule has 1 amide bonds. The number of para-hydroxylation sites is 1. The lowest BCUT2D eigenvalue weighted by atomic mass is 10.1. The molecule has 0 fully saturated rings. The van der Waals surface area contributed by atoms with Crippen molar-refractivity contribution in [1.82, 2.24) is 14.9 Å². The Morgan fingerprint density at radius 2 is 1.71 bits per heavy atom. The smallest absolute Gasteiger partial charge is 0.266 e. The third kappa shape index (κ3) is 4.81. The first-order valence-electron chi connectivity index (χ1n) is 9.78. The number of nitrogens with one attached hydrogen (secondary N) is 1. The minimum atomic E-state index is -0.187. The number of carbonyl (C=O) groups excluding carboxylic acids is 1. The van der Waals surface area contributed by atoms with Crippen molar-refractivity contribution in [2.45, 2.75) is 18.1 Å². The van der Waals surface area contributed by atoms with Gasteiger partial charge in [0, 0.05) is 5.02 Å². The van der Waals surface area contributed by atoms with Crippen molar-refractivity contribution in [1.29, 1.82) is 0 Å². The molecule has 1 N–H and O–H groups in total. The fourth-order valence-corrected chi connectivity index (χ4v) is 4.22. The van der Waals surface area contributed by atoms with Crippen LogP contribution in [0.3, 0.4) is 0 Å². The highest BCUT2D eigenvalue weighted by Crippen LogP contribution is 2.22. The molecule has 0 aliphatic rings. The molecule has 4 rings (SSSR count). The second-order valence-electron chi connectivity index (χ2n) is 7.02. The first kappa shape index (κ1) is 21.2. The fourth-order valence-electron chi connectivity index (χ4n) is 3.27. The van der Waals surface area contributed by atoms with Gasteiger partial charge in [0.2, 0.25) is 5.91 Å². The van der Waals surface area contributed by atoms with E-state index >= 15 is 0 Å². The van der Waals surface area contributed by atoms with E-state index in [9.17, 15) is 9.59 Å². The van der Waals surface area contributed by atoms with E-state index in [1.165, 1.54) is 16.3 Å². The minimum absolute atomic E-state index is 0.114. The molecule has 0 saturated heterocycles. The first-order valence-corrected chi connectivity index (χ1v) is 11.1. The summed E-state index contributed by atoms with van der Waals surface area (Å²) in [5.74, 6) is 0.00152. The molecular weight excluding hydrogens is 430 g/mol. The van der Waals surface area contributed by atoms with Gasteiger partial charge in [0.25, 0.3) is 5.56 Å². The largest absolute Gasteiger partial charge is 0.349 e. The van der Waals surface area contributed by atoms with E-state index in [1.807, 2.05) is 49.4 Å². The predicted molar refractivity (Wildman–Crippen MR) is 126 cm³/mol. The summed E-state index contributed by atoms with van der Waals surface area (Å²) in [6.45, 7) is 1.94. The molecule has 0 bridgehead atoms. The van der Waals surface area contributed by atoms with E-state index in [2.05, 4.69) is 10.3 Å². The zero-order valence-electron chi connectivity index (χ0n) is 16.8. The van der Waals surface area contributed by atoms with Crippen LogP contribution in [-0.2, 0) is 4.79 Å². The zero-order valence-corrected chi connectivity index (χ0v) is 18.4. The lowest BCUT2D eigenvalue weighted by molar-refractivity contribution is -0.119. The predicted octanol–water partition coefficient (Wildman–Crippen LogP) is 5.01. The van der Waals surface area contributed by atoms with Crippen LogP contribution in [0.1, 0.15) is 18.5 Å². The summed E-state index contributed by atoms with van der Waals surface area (Å²) in [4.78, 5) is 30.5. The molecule has 1 atom stereocenters. The number of halogens is 1. The highest BCUT2D eigenvalue weighted by Gasteiger charge is 2.16. The Hall–Kier alpha value is -3.09. The molecule has 0 radical (unpaired) electrons. The van der Waals surface area contributed by atoms with E-state index in [-0.39, 0.29) is 23.3 Å². The van der Waals surface area contributed by atoms with Gasteiger partial charge >= 0.3 is 0 Å². The van der Waals surface area contributed by atoms with Crippen LogP contribution >= 0.6 is 23.4 Å². The minimum Gasteiger partial charge on any atom is -0.349 e. The van der Waals surface area contributed by atoms with E-state index < -0.39 is 0 Å². The number of nitrogens with zero attached hydrogens (tertiary/aromatic N) is 2. The standard InChI is InChI=1S/C24H20ClN3O2S/c1-16(17-7-3-2-4-8-17)26-22(29)15-31-24-27-21-10-6-5-9-20(21)23(30)28(24)19-13-11-18(25)12-14-19/h2-14,16H,15H2,1H3,(H,26,29). The van der Waals surface area contributed by atoms with Crippen LogP contribution in [0.2, 0.25) is 5.02 Å². The van der Waals surface area contributed by atoms with Crippen LogP contribution in [0.5, 0.6) is 0 Å². The van der Waals surface area contributed by atoms with Gasteiger partial charge in [-0.1, -0.05) is 65.8 Å². The van der Waals surface area contributed by atoms with Gasteiger partial charge in [0.15, 0.2) is 5.16 Å². The Kier molecular flexibility index (Phi) is 6.39. The van der Waals surface area contributed by atoms with Crippen LogP contribution in [-0.4, -0.2) is 21.2 Å². The fraction of sp³-hybridized carbons (Fsp3) is 0.125. The molecular formula is C24H20ClN3O2S. The van der Waals surface area contributed by atoms with Crippen molar-refractivity contribution < 1.29 is 4.79 Å². The lowest BCUT2D eigenvalue weighted by Gasteiger charge is -2.15. The van der Waals surface area contributed by atoms with Gasteiger partial charge in [-0.2, -0.15) is 0 Å². The number of rotatable bonds is 6. The summed E-state index contributed by atoms with van der Waals surface area (Å²) in [5.41, 5.74) is 2.09. The summed E-state index contributed by atoms with van der Waals surface area (Å²) >= 11 is 7.24. The number of carbonyl (C=O) groups is 1. The normalized spacial score (nSPS) is 11.9. The van der Waals surface area contributed by atoms with Gasteiger partial charge in [-0.25, -0.2) is 4.98 Å².